The number of hydrogen-bond acceptors (Lipinski definition) is 10. The summed E-state index contributed by atoms with van der Waals surface area (Å²) in [6, 6.07) is 20.1. The van der Waals surface area contributed by atoms with Crippen molar-refractivity contribution in [2.45, 2.75) is 211 Å². The average molecular weight is 956 g/mol. The zero-order valence-corrected chi connectivity index (χ0v) is 42.9. The van der Waals surface area contributed by atoms with E-state index in [1.165, 1.54) is 197 Å². The lowest BCUT2D eigenvalue weighted by Crippen LogP contribution is -1.91. The van der Waals surface area contributed by atoms with Crippen molar-refractivity contribution in [3.05, 3.63) is 82.9 Å². The molecule has 0 amide bonds. The van der Waals surface area contributed by atoms with Gasteiger partial charge in [0.1, 0.15) is 23.0 Å². The van der Waals surface area contributed by atoms with Crippen molar-refractivity contribution in [1.29, 1.82) is 0 Å². The van der Waals surface area contributed by atoms with Crippen LogP contribution < -0.4 is 0 Å². The Hall–Kier alpha value is -1.82. The molecule has 10 heteroatoms. The first kappa shape index (κ1) is 52.8. The summed E-state index contributed by atoms with van der Waals surface area (Å²) in [5.41, 5.74) is 4.70. The molecule has 4 aromatic carbocycles. The highest BCUT2D eigenvalue weighted by Crippen LogP contribution is 2.54. The van der Waals surface area contributed by atoms with Crippen LogP contribution in [-0.2, 0) is 19.3 Å². The maximum absolute atomic E-state index is 11.8. The number of aryl methyl sites for hydroxylation is 4. The Kier molecular flexibility index (Phi) is 26.5. The van der Waals surface area contributed by atoms with Crippen molar-refractivity contribution >= 4 is 64.8 Å². The lowest BCUT2D eigenvalue weighted by molar-refractivity contribution is 0.447. The summed E-state index contributed by atoms with van der Waals surface area (Å²) in [5, 5.41) is 45.0. The molecule has 0 aliphatic carbocycles. The van der Waals surface area contributed by atoms with Crippen LogP contribution in [0.2, 0.25) is 0 Å². The Morgan fingerprint density at radius 1 is 0.323 bits per heavy atom. The number of unbranched alkanes of at least 4 members (excludes halogenated alkanes) is 18. The fourth-order valence-corrected chi connectivity index (χ4v) is 14.3. The van der Waals surface area contributed by atoms with Crippen LogP contribution in [0.15, 0.2) is 90.0 Å². The SMILES string of the molecule is CCCCCCCCCc1ccc(O)c(SSc2cc(CCCCCCCCC)cc(SSc3cc(CCCCCCCCC)cc(SSc4cc(C)ccc4O)c3O)c2O)c1. The summed E-state index contributed by atoms with van der Waals surface area (Å²) in [5.74, 6) is 0.972. The van der Waals surface area contributed by atoms with E-state index in [9.17, 15) is 20.4 Å². The molecule has 0 unspecified atom stereocenters. The van der Waals surface area contributed by atoms with E-state index in [4.69, 9.17) is 0 Å². The number of phenolic OH excluding ortho intramolecular Hbond substituents is 4. The number of benzene rings is 4. The first-order chi connectivity index (χ1) is 30.2. The van der Waals surface area contributed by atoms with Crippen LogP contribution in [0.5, 0.6) is 23.0 Å². The van der Waals surface area contributed by atoms with Crippen molar-refractivity contribution < 1.29 is 20.4 Å². The van der Waals surface area contributed by atoms with Gasteiger partial charge in [0.25, 0.3) is 0 Å². The van der Waals surface area contributed by atoms with Gasteiger partial charge in [-0.05, 0) is 181 Å². The average Bonchev–Trinajstić information content (AvgIpc) is 3.27. The zero-order valence-electron chi connectivity index (χ0n) is 38.0. The monoisotopic (exact) mass is 954 g/mol. The lowest BCUT2D eigenvalue weighted by Gasteiger charge is -2.15. The van der Waals surface area contributed by atoms with Gasteiger partial charge in [-0.3, -0.25) is 0 Å². The number of phenols is 4. The number of hydrogen-bond donors (Lipinski definition) is 4. The quantitative estimate of drug-likeness (QED) is 0.0274. The molecule has 0 aromatic heterocycles. The first-order valence-corrected chi connectivity index (χ1v) is 30.0. The highest BCUT2D eigenvalue weighted by atomic mass is 33.1. The normalized spacial score (nSPS) is 11.5. The second kappa shape index (κ2) is 31.2. The minimum atomic E-state index is 0.228. The van der Waals surface area contributed by atoms with E-state index in [0.29, 0.717) is 0 Å². The van der Waals surface area contributed by atoms with E-state index in [1.54, 1.807) is 6.07 Å². The van der Waals surface area contributed by atoms with E-state index >= 15 is 0 Å². The maximum Gasteiger partial charge on any atom is 0.144 e. The molecule has 0 fully saturated rings. The van der Waals surface area contributed by atoms with E-state index in [1.807, 2.05) is 31.2 Å². The molecule has 4 N–H and O–H groups in total. The van der Waals surface area contributed by atoms with Gasteiger partial charge in [-0.25, -0.2) is 0 Å². The third-order valence-electron chi connectivity index (χ3n) is 11.2. The van der Waals surface area contributed by atoms with Gasteiger partial charge in [0, 0.05) is 0 Å². The van der Waals surface area contributed by atoms with Gasteiger partial charge < -0.3 is 20.4 Å². The van der Waals surface area contributed by atoms with Gasteiger partial charge in [0.05, 0.1) is 29.4 Å². The van der Waals surface area contributed by atoms with Crippen LogP contribution in [0, 0.1) is 6.92 Å². The molecule has 4 rings (SSSR count). The minimum absolute atomic E-state index is 0.228. The largest absolute Gasteiger partial charge is 0.507 e. The number of aromatic hydroxyl groups is 4. The molecule has 0 spiro atoms. The van der Waals surface area contributed by atoms with Crippen LogP contribution in [0.4, 0.5) is 0 Å². The molecule has 0 atom stereocenters. The predicted molar refractivity (Wildman–Crippen MR) is 277 cm³/mol. The third kappa shape index (κ3) is 19.7. The second-order valence-electron chi connectivity index (χ2n) is 16.8. The topological polar surface area (TPSA) is 80.9 Å². The van der Waals surface area contributed by atoms with E-state index in [0.717, 1.165) is 73.5 Å². The Morgan fingerprint density at radius 2 is 0.613 bits per heavy atom. The van der Waals surface area contributed by atoms with Gasteiger partial charge in [-0.2, -0.15) is 0 Å². The van der Waals surface area contributed by atoms with Crippen LogP contribution in [0.3, 0.4) is 0 Å². The summed E-state index contributed by atoms with van der Waals surface area (Å²) in [7, 11) is 8.93. The van der Waals surface area contributed by atoms with E-state index < -0.39 is 0 Å². The van der Waals surface area contributed by atoms with Crippen molar-refractivity contribution in [1.82, 2.24) is 0 Å². The fourth-order valence-electron chi connectivity index (χ4n) is 7.41. The van der Waals surface area contributed by atoms with Crippen LogP contribution in [0.25, 0.3) is 0 Å². The summed E-state index contributed by atoms with van der Waals surface area (Å²) in [6.45, 7) is 8.78. The minimum Gasteiger partial charge on any atom is -0.507 e. The van der Waals surface area contributed by atoms with Gasteiger partial charge in [-0.1, -0.05) is 148 Å². The molecule has 0 heterocycles. The summed E-state index contributed by atoms with van der Waals surface area (Å²) in [6.07, 6.45) is 29.2. The Balaban J connectivity index is 1.52. The van der Waals surface area contributed by atoms with Crippen molar-refractivity contribution in [3.8, 4) is 23.0 Å². The Bertz CT molecular complexity index is 1880. The van der Waals surface area contributed by atoms with Gasteiger partial charge in [0.2, 0.25) is 0 Å². The third-order valence-corrected chi connectivity index (χ3v) is 18.4. The molecule has 0 saturated carbocycles. The predicted octanol–water partition coefficient (Wildman–Crippen LogP) is 19.1. The van der Waals surface area contributed by atoms with Crippen LogP contribution >= 0.6 is 64.8 Å². The number of rotatable bonds is 33. The van der Waals surface area contributed by atoms with Crippen molar-refractivity contribution in [2.24, 2.45) is 0 Å². The van der Waals surface area contributed by atoms with Crippen LogP contribution in [-0.4, -0.2) is 20.4 Å². The van der Waals surface area contributed by atoms with Gasteiger partial charge >= 0.3 is 0 Å². The van der Waals surface area contributed by atoms with E-state index in [2.05, 4.69) is 51.1 Å². The molecule has 0 bridgehead atoms. The molecular weight excluding hydrogens is 881 g/mol. The fraction of sp³-hybridized carbons (Fsp3) is 0.538. The van der Waals surface area contributed by atoms with Crippen molar-refractivity contribution in [3.63, 3.8) is 0 Å². The van der Waals surface area contributed by atoms with Crippen molar-refractivity contribution in [2.75, 3.05) is 0 Å². The second-order valence-corrected chi connectivity index (χ2v) is 23.4. The molecule has 0 saturated heterocycles. The Morgan fingerprint density at radius 3 is 1.00 bits per heavy atom. The summed E-state index contributed by atoms with van der Waals surface area (Å²) in [4.78, 5) is 4.71. The smallest absolute Gasteiger partial charge is 0.144 e. The molecule has 4 nitrogen and oxygen atoms in total. The molecule has 0 aliphatic rings. The molecule has 62 heavy (non-hydrogen) atoms. The molecule has 342 valence electrons. The molecular formula is C52H74O4S6. The lowest BCUT2D eigenvalue weighted by atomic mass is 10.0. The summed E-state index contributed by atoms with van der Waals surface area (Å²) < 4.78 is 0. The molecule has 0 aliphatic heterocycles. The Labute approximate surface area is 399 Å². The van der Waals surface area contributed by atoms with Gasteiger partial charge in [0.15, 0.2) is 0 Å². The molecule has 4 aromatic rings. The van der Waals surface area contributed by atoms with Gasteiger partial charge in [-0.15, -0.1) is 0 Å². The first-order valence-electron chi connectivity index (χ1n) is 23.6. The standard InChI is InChI=1S/C52H74O4S6/c1-5-8-11-14-17-20-23-26-40-30-32-44(54)46(34-40)58-60-48-36-42(28-25-22-19-16-13-10-7-3)38-50(52(48)56)62-61-49-37-41(27-24-21-18-15-12-9-6-2)35-47(51(49)55)59-57-45-33-39(4)29-31-43(45)53/h29-38,53-56H,5-28H2,1-4H3. The molecule has 0 radical (unpaired) electrons. The van der Waals surface area contributed by atoms with E-state index in [-0.39, 0.29) is 23.0 Å². The summed E-state index contributed by atoms with van der Waals surface area (Å²) >= 11 is 0. The zero-order chi connectivity index (χ0) is 44.4. The van der Waals surface area contributed by atoms with Crippen LogP contribution in [0.1, 0.15) is 178 Å². The highest BCUT2D eigenvalue weighted by molar-refractivity contribution is 8.77. The maximum atomic E-state index is 11.8. The highest BCUT2D eigenvalue weighted by Gasteiger charge is 2.18.